The molecule has 7 heteroatoms. The van der Waals surface area contributed by atoms with Crippen LogP contribution in [0.5, 0.6) is 0 Å². The lowest BCUT2D eigenvalue weighted by Gasteiger charge is -2.24. The predicted octanol–water partition coefficient (Wildman–Crippen LogP) is 3.24. The molecule has 2 amide bonds. The summed E-state index contributed by atoms with van der Waals surface area (Å²) in [4.78, 5) is 28.0. The number of carbonyl (C=O) groups excluding carboxylic acids is 2. The molecule has 1 aliphatic rings. The summed E-state index contributed by atoms with van der Waals surface area (Å²) in [5, 5.41) is 13.3. The van der Waals surface area contributed by atoms with Crippen molar-refractivity contribution in [3.63, 3.8) is 0 Å². The first-order chi connectivity index (χ1) is 13.9. The summed E-state index contributed by atoms with van der Waals surface area (Å²) in [6.45, 7) is 4.55. The predicted molar refractivity (Wildman–Crippen MR) is 122 cm³/mol. The number of rotatable bonds is 17. The van der Waals surface area contributed by atoms with Crippen molar-refractivity contribution < 1.29 is 14.7 Å². The summed E-state index contributed by atoms with van der Waals surface area (Å²) in [5.74, 6) is 0.945. The lowest BCUT2D eigenvalue weighted by molar-refractivity contribution is -0.128. The van der Waals surface area contributed by atoms with E-state index in [1.54, 1.807) is 11.8 Å². The Morgan fingerprint density at radius 3 is 2.69 bits per heavy atom. The molecule has 0 saturated carbocycles. The molecular weight excluding hydrogens is 386 g/mol. The number of aliphatic hydroxyl groups excluding tert-OH is 1. The van der Waals surface area contributed by atoms with Crippen LogP contribution in [0.3, 0.4) is 0 Å². The number of thioether (sulfide) groups is 1. The zero-order valence-electron chi connectivity index (χ0n) is 18.8. The Morgan fingerprint density at radius 1 is 1.21 bits per heavy atom. The summed E-state index contributed by atoms with van der Waals surface area (Å²) in [7, 11) is 3.99. The van der Waals surface area contributed by atoms with E-state index in [9.17, 15) is 14.7 Å². The maximum atomic E-state index is 12.2. The van der Waals surface area contributed by atoms with Gasteiger partial charge in [0.05, 0.1) is 17.2 Å². The van der Waals surface area contributed by atoms with E-state index < -0.39 is 0 Å². The number of nitrogens with zero attached hydrogens (tertiary/aromatic N) is 2. The number of nitrogens with one attached hydrogen (secondary N) is 1. The van der Waals surface area contributed by atoms with E-state index in [2.05, 4.69) is 17.1 Å². The number of hydrogen-bond acceptors (Lipinski definition) is 5. The first-order valence-corrected chi connectivity index (χ1v) is 12.5. The standard InChI is InChI=1S/C22H43N3O3S/c1-4-5-8-11-19(26)13-14-22-25(21(28)18-29-22)16-10-7-6-9-12-20(27)23-15-17-24(2)3/h19,22,26H,4-18H2,1-3H3,(H,23,27). The fraction of sp³-hybridized carbons (Fsp3) is 0.909. The van der Waals surface area contributed by atoms with Gasteiger partial charge in [-0.3, -0.25) is 9.59 Å². The van der Waals surface area contributed by atoms with Crippen molar-refractivity contribution in [1.82, 2.24) is 15.1 Å². The SMILES string of the molecule is CCCCCC(O)CCC1SCC(=O)N1CCCCCCC(=O)NCCN(C)C. The lowest BCUT2D eigenvalue weighted by atomic mass is 10.1. The number of amides is 2. The summed E-state index contributed by atoms with van der Waals surface area (Å²) in [5.41, 5.74) is 0. The summed E-state index contributed by atoms with van der Waals surface area (Å²) in [6.07, 6.45) is 10.3. The second-order valence-electron chi connectivity index (χ2n) is 8.40. The van der Waals surface area contributed by atoms with Crippen LogP contribution in [-0.4, -0.2) is 77.7 Å². The number of hydrogen-bond donors (Lipinski definition) is 2. The van der Waals surface area contributed by atoms with Crippen molar-refractivity contribution >= 4 is 23.6 Å². The smallest absolute Gasteiger partial charge is 0.233 e. The molecule has 1 heterocycles. The molecule has 2 unspecified atom stereocenters. The van der Waals surface area contributed by atoms with Crippen molar-refractivity contribution in [3.8, 4) is 0 Å². The Labute approximate surface area is 182 Å². The molecule has 1 saturated heterocycles. The van der Waals surface area contributed by atoms with Gasteiger partial charge in [-0.25, -0.2) is 0 Å². The highest BCUT2D eigenvalue weighted by Gasteiger charge is 2.31. The highest BCUT2D eigenvalue weighted by atomic mass is 32.2. The van der Waals surface area contributed by atoms with E-state index >= 15 is 0 Å². The maximum absolute atomic E-state index is 12.2. The van der Waals surface area contributed by atoms with E-state index in [-0.39, 0.29) is 23.3 Å². The molecular formula is C22H43N3O3S. The average Bonchev–Trinajstić information content (AvgIpc) is 3.02. The van der Waals surface area contributed by atoms with Gasteiger partial charge in [-0.05, 0) is 46.2 Å². The van der Waals surface area contributed by atoms with E-state index in [1.165, 1.54) is 12.8 Å². The van der Waals surface area contributed by atoms with Gasteiger partial charge in [0.1, 0.15) is 0 Å². The molecule has 2 atom stereocenters. The molecule has 0 aromatic carbocycles. The minimum absolute atomic E-state index is 0.135. The Hall–Kier alpha value is -0.790. The second kappa shape index (κ2) is 16.0. The maximum Gasteiger partial charge on any atom is 0.233 e. The Bertz CT molecular complexity index is 463. The zero-order valence-corrected chi connectivity index (χ0v) is 19.6. The molecule has 0 spiro atoms. The van der Waals surface area contributed by atoms with Crippen LogP contribution in [0.1, 0.15) is 77.6 Å². The Kier molecular flexibility index (Phi) is 14.5. The highest BCUT2D eigenvalue weighted by molar-refractivity contribution is 8.00. The third kappa shape index (κ3) is 12.5. The van der Waals surface area contributed by atoms with E-state index in [0.29, 0.717) is 18.7 Å². The van der Waals surface area contributed by atoms with Gasteiger partial charge in [-0.15, -0.1) is 11.8 Å². The van der Waals surface area contributed by atoms with Gasteiger partial charge in [-0.1, -0.05) is 39.0 Å². The van der Waals surface area contributed by atoms with Crippen molar-refractivity contribution in [3.05, 3.63) is 0 Å². The molecule has 2 N–H and O–H groups in total. The Balaban J connectivity index is 2.12. The number of aliphatic hydroxyl groups is 1. The van der Waals surface area contributed by atoms with Crippen molar-refractivity contribution in [1.29, 1.82) is 0 Å². The third-order valence-electron chi connectivity index (χ3n) is 5.39. The van der Waals surface area contributed by atoms with E-state index in [0.717, 1.165) is 64.5 Å². The first kappa shape index (κ1) is 26.2. The Morgan fingerprint density at radius 2 is 1.97 bits per heavy atom. The molecule has 0 radical (unpaired) electrons. The molecule has 1 rings (SSSR count). The van der Waals surface area contributed by atoms with Gasteiger partial charge in [0.2, 0.25) is 11.8 Å². The fourth-order valence-corrected chi connectivity index (χ4v) is 4.75. The zero-order chi connectivity index (χ0) is 21.5. The van der Waals surface area contributed by atoms with Gasteiger partial charge < -0.3 is 20.2 Å². The van der Waals surface area contributed by atoms with Crippen LogP contribution in [0.4, 0.5) is 0 Å². The molecule has 1 aliphatic heterocycles. The fourth-order valence-electron chi connectivity index (χ4n) is 3.55. The highest BCUT2D eigenvalue weighted by Crippen LogP contribution is 2.29. The topological polar surface area (TPSA) is 72.9 Å². The second-order valence-corrected chi connectivity index (χ2v) is 9.56. The van der Waals surface area contributed by atoms with Crippen molar-refractivity contribution in [2.45, 2.75) is 89.0 Å². The van der Waals surface area contributed by atoms with Crippen LogP contribution in [0.2, 0.25) is 0 Å². The van der Waals surface area contributed by atoms with Crippen LogP contribution < -0.4 is 5.32 Å². The largest absolute Gasteiger partial charge is 0.393 e. The molecule has 6 nitrogen and oxygen atoms in total. The minimum atomic E-state index is -0.233. The van der Waals surface area contributed by atoms with Gasteiger partial charge in [0, 0.05) is 26.1 Å². The van der Waals surface area contributed by atoms with Gasteiger partial charge in [-0.2, -0.15) is 0 Å². The van der Waals surface area contributed by atoms with Crippen LogP contribution in [0.15, 0.2) is 0 Å². The number of likely N-dealkylation sites (N-methyl/N-ethyl adjacent to an activating group) is 1. The molecule has 0 aromatic rings. The van der Waals surface area contributed by atoms with Gasteiger partial charge in [0.25, 0.3) is 0 Å². The van der Waals surface area contributed by atoms with Gasteiger partial charge in [0.15, 0.2) is 0 Å². The number of unbranched alkanes of at least 4 members (excludes halogenated alkanes) is 5. The molecule has 0 bridgehead atoms. The monoisotopic (exact) mass is 429 g/mol. The molecule has 170 valence electrons. The molecule has 29 heavy (non-hydrogen) atoms. The molecule has 1 fully saturated rings. The first-order valence-electron chi connectivity index (χ1n) is 11.4. The van der Waals surface area contributed by atoms with Crippen LogP contribution >= 0.6 is 11.8 Å². The number of carbonyl (C=O) groups is 2. The van der Waals surface area contributed by atoms with Crippen molar-refractivity contribution in [2.75, 3.05) is 39.5 Å². The summed E-state index contributed by atoms with van der Waals surface area (Å²) in [6, 6.07) is 0. The normalized spacial score (nSPS) is 17.9. The van der Waals surface area contributed by atoms with E-state index in [1.807, 2.05) is 19.0 Å². The molecule has 0 aromatic heterocycles. The third-order valence-corrected chi connectivity index (χ3v) is 6.68. The van der Waals surface area contributed by atoms with Crippen LogP contribution in [-0.2, 0) is 9.59 Å². The van der Waals surface area contributed by atoms with Gasteiger partial charge >= 0.3 is 0 Å². The quantitative estimate of drug-likeness (QED) is 0.347. The summed E-state index contributed by atoms with van der Waals surface area (Å²) >= 11 is 1.72. The van der Waals surface area contributed by atoms with Crippen LogP contribution in [0, 0.1) is 0 Å². The molecule has 0 aliphatic carbocycles. The van der Waals surface area contributed by atoms with E-state index in [4.69, 9.17) is 0 Å². The van der Waals surface area contributed by atoms with Crippen molar-refractivity contribution in [2.24, 2.45) is 0 Å². The van der Waals surface area contributed by atoms with Crippen LogP contribution in [0.25, 0.3) is 0 Å². The summed E-state index contributed by atoms with van der Waals surface area (Å²) < 4.78 is 0. The minimum Gasteiger partial charge on any atom is -0.393 e. The lowest BCUT2D eigenvalue weighted by Crippen LogP contribution is -2.34. The average molecular weight is 430 g/mol.